The van der Waals surface area contributed by atoms with Gasteiger partial charge in [0.25, 0.3) is 0 Å². The number of fused-ring (bicyclic) bond motifs is 2. The molecule has 2 unspecified atom stereocenters. The van der Waals surface area contributed by atoms with Crippen LogP contribution in [-0.2, 0) is 14.8 Å². The maximum absolute atomic E-state index is 13.0. The van der Waals surface area contributed by atoms with E-state index in [1.807, 2.05) is 0 Å². The lowest BCUT2D eigenvalue weighted by Gasteiger charge is -2.41. The number of piperidine rings is 1. The number of carbonyl (C=O) groups excluding carboxylic acids is 1. The first-order valence-electron chi connectivity index (χ1n) is 7.36. The molecule has 2 aliphatic rings. The minimum atomic E-state index is -3.67. The molecule has 2 saturated heterocycles. The van der Waals surface area contributed by atoms with E-state index in [9.17, 15) is 13.2 Å². The number of aryl methyl sites for hydroxylation is 1. The number of piperazine rings is 1. The summed E-state index contributed by atoms with van der Waals surface area (Å²) >= 11 is 1.13. The van der Waals surface area contributed by atoms with Crippen molar-refractivity contribution in [3.8, 4) is 0 Å². The maximum atomic E-state index is 13.0. The summed E-state index contributed by atoms with van der Waals surface area (Å²) < 4.78 is 32.3. The first-order chi connectivity index (χ1) is 10.4. The fraction of sp³-hybridized carbons (Fsp3) is 0.643. The van der Waals surface area contributed by atoms with Crippen LogP contribution >= 0.6 is 11.3 Å². The maximum Gasteiger partial charge on any atom is 0.349 e. The second kappa shape index (κ2) is 5.92. The molecule has 22 heavy (non-hydrogen) atoms. The van der Waals surface area contributed by atoms with Crippen molar-refractivity contribution < 1.29 is 17.9 Å². The van der Waals surface area contributed by atoms with Crippen LogP contribution in [0, 0.1) is 6.92 Å². The predicted octanol–water partition coefficient (Wildman–Crippen LogP) is 1.36. The van der Waals surface area contributed by atoms with Gasteiger partial charge in [-0.25, -0.2) is 13.2 Å². The number of esters is 1. The first kappa shape index (κ1) is 15.9. The van der Waals surface area contributed by atoms with Crippen LogP contribution in [0.15, 0.2) is 10.3 Å². The van der Waals surface area contributed by atoms with Crippen LogP contribution in [0.3, 0.4) is 0 Å². The van der Waals surface area contributed by atoms with Gasteiger partial charge in [-0.3, -0.25) is 0 Å². The molecule has 0 spiro atoms. The van der Waals surface area contributed by atoms with Crippen LogP contribution in [0.2, 0.25) is 0 Å². The van der Waals surface area contributed by atoms with Gasteiger partial charge in [0.15, 0.2) is 0 Å². The molecule has 0 amide bonds. The van der Waals surface area contributed by atoms with Crippen molar-refractivity contribution in [1.29, 1.82) is 0 Å². The van der Waals surface area contributed by atoms with E-state index < -0.39 is 16.0 Å². The SMILES string of the molecule is COC(=O)c1scc(C)c1S(=O)(=O)N1CC2CCCC(C1)N2. The van der Waals surface area contributed by atoms with Gasteiger partial charge in [-0.05, 0) is 30.7 Å². The number of ether oxygens (including phenoxy) is 1. The molecule has 0 radical (unpaired) electrons. The highest BCUT2D eigenvalue weighted by atomic mass is 32.2. The minimum absolute atomic E-state index is 0.115. The number of sulfonamides is 1. The highest BCUT2D eigenvalue weighted by molar-refractivity contribution is 7.89. The normalized spacial score (nSPS) is 25.9. The molecule has 3 rings (SSSR count). The van der Waals surface area contributed by atoms with Gasteiger partial charge in [0, 0.05) is 25.2 Å². The fourth-order valence-corrected chi connectivity index (χ4v) is 6.47. The third-order valence-corrected chi connectivity index (χ3v) is 7.54. The summed E-state index contributed by atoms with van der Waals surface area (Å²) in [7, 11) is -2.41. The molecule has 3 heterocycles. The van der Waals surface area contributed by atoms with Crippen LogP contribution in [0.4, 0.5) is 0 Å². The monoisotopic (exact) mass is 344 g/mol. The molecule has 0 aliphatic carbocycles. The Hall–Kier alpha value is -0.960. The number of rotatable bonds is 3. The van der Waals surface area contributed by atoms with E-state index in [1.165, 1.54) is 11.4 Å². The Morgan fingerprint density at radius 3 is 2.59 bits per heavy atom. The molecule has 1 aromatic rings. The van der Waals surface area contributed by atoms with Crippen molar-refractivity contribution >= 4 is 27.3 Å². The van der Waals surface area contributed by atoms with Gasteiger partial charge >= 0.3 is 5.97 Å². The Kier molecular flexibility index (Phi) is 4.28. The van der Waals surface area contributed by atoms with E-state index in [1.54, 1.807) is 12.3 Å². The number of thiophene rings is 1. The van der Waals surface area contributed by atoms with Gasteiger partial charge in [0.2, 0.25) is 10.0 Å². The van der Waals surface area contributed by atoms with Crippen LogP contribution in [0.1, 0.15) is 34.5 Å². The van der Waals surface area contributed by atoms with E-state index in [0.717, 1.165) is 30.6 Å². The second-order valence-electron chi connectivity index (χ2n) is 5.88. The molecule has 122 valence electrons. The third-order valence-electron chi connectivity index (χ3n) is 4.31. The number of nitrogens with one attached hydrogen (secondary N) is 1. The van der Waals surface area contributed by atoms with Gasteiger partial charge in [0.1, 0.15) is 9.77 Å². The lowest BCUT2D eigenvalue weighted by molar-refractivity contribution is 0.0602. The zero-order chi connectivity index (χ0) is 15.9. The molecule has 8 heteroatoms. The molecular weight excluding hydrogens is 324 g/mol. The second-order valence-corrected chi connectivity index (χ2v) is 8.64. The van der Waals surface area contributed by atoms with E-state index in [0.29, 0.717) is 18.7 Å². The lowest BCUT2D eigenvalue weighted by Crippen LogP contribution is -2.59. The highest BCUT2D eigenvalue weighted by Gasteiger charge is 2.39. The summed E-state index contributed by atoms with van der Waals surface area (Å²) in [4.78, 5) is 12.2. The average molecular weight is 344 g/mol. The summed E-state index contributed by atoms with van der Waals surface area (Å²) in [6.45, 7) is 2.66. The van der Waals surface area contributed by atoms with Gasteiger partial charge < -0.3 is 10.1 Å². The molecule has 2 aliphatic heterocycles. The van der Waals surface area contributed by atoms with E-state index in [4.69, 9.17) is 4.74 Å². The van der Waals surface area contributed by atoms with Crippen LogP contribution in [-0.4, -0.2) is 51.0 Å². The van der Waals surface area contributed by atoms with E-state index in [-0.39, 0.29) is 21.9 Å². The third kappa shape index (κ3) is 2.68. The van der Waals surface area contributed by atoms with Gasteiger partial charge in [0.05, 0.1) is 7.11 Å². The Morgan fingerprint density at radius 2 is 2.00 bits per heavy atom. The standard InChI is InChI=1S/C14H20N2O4S2/c1-9-8-21-12(14(17)20-2)13(9)22(18,19)16-6-10-4-3-5-11(7-16)15-10/h8,10-11,15H,3-7H2,1-2H3. The number of nitrogens with zero attached hydrogens (tertiary/aromatic N) is 1. The number of methoxy groups -OCH3 is 1. The Bertz CT molecular complexity index is 671. The zero-order valence-corrected chi connectivity index (χ0v) is 14.3. The van der Waals surface area contributed by atoms with Crippen molar-refractivity contribution in [2.75, 3.05) is 20.2 Å². The summed E-state index contributed by atoms with van der Waals surface area (Å²) in [6, 6.07) is 0.422. The van der Waals surface area contributed by atoms with Crippen molar-refractivity contribution in [1.82, 2.24) is 9.62 Å². The Balaban J connectivity index is 1.96. The van der Waals surface area contributed by atoms with Crippen LogP contribution in [0.25, 0.3) is 0 Å². The van der Waals surface area contributed by atoms with Crippen molar-refractivity contribution in [3.63, 3.8) is 0 Å². The van der Waals surface area contributed by atoms with Crippen LogP contribution in [0.5, 0.6) is 0 Å². The van der Waals surface area contributed by atoms with E-state index in [2.05, 4.69) is 5.32 Å². The smallest absolute Gasteiger partial charge is 0.349 e. The molecule has 6 nitrogen and oxygen atoms in total. The quantitative estimate of drug-likeness (QED) is 0.838. The minimum Gasteiger partial charge on any atom is -0.465 e. The van der Waals surface area contributed by atoms with Gasteiger partial charge in [-0.1, -0.05) is 6.42 Å². The molecule has 0 saturated carbocycles. The summed E-state index contributed by atoms with van der Waals surface area (Å²) in [5.74, 6) is -0.591. The molecule has 1 N–H and O–H groups in total. The summed E-state index contributed by atoms with van der Waals surface area (Å²) in [6.07, 6.45) is 3.13. The van der Waals surface area contributed by atoms with Gasteiger partial charge in [-0.15, -0.1) is 11.3 Å². The molecule has 2 fully saturated rings. The Morgan fingerprint density at radius 1 is 1.36 bits per heavy atom. The molecule has 2 atom stereocenters. The zero-order valence-electron chi connectivity index (χ0n) is 12.7. The van der Waals surface area contributed by atoms with Crippen molar-refractivity contribution in [2.45, 2.75) is 43.2 Å². The highest BCUT2D eigenvalue weighted by Crippen LogP contribution is 2.32. The predicted molar refractivity (Wildman–Crippen MR) is 83.7 cm³/mol. The van der Waals surface area contributed by atoms with Gasteiger partial charge in [-0.2, -0.15) is 4.31 Å². The molecule has 0 aromatic carbocycles. The fourth-order valence-electron chi connectivity index (χ4n) is 3.28. The Labute approximate surface area is 134 Å². The number of hydrogen-bond acceptors (Lipinski definition) is 6. The topological polar surface area (TPSA) is 75.7 Å². The lowest BCUT2D eigenvalue weighted by atomic mass is 9.96. The van der Waals surface area contributed by atoms with Crippen molar-refractivity contribution in [3.05, 3.63) is 15.8 Å². The summed E-state index contributed by atoms with van der Waals surface area (Å²) in [5.41, 5.74) is 0.606. The van der Waals surface area contributed by atoms with E-state index >= 15 is 0 Å². The summed E-state index contributed by atoms with van der Waals surface area (Å²) in [5, 5.41) is 5.16. The first-order valence-corrected chi connectivity index (χ1v) is 9.68. The number of carbonyl (C=O) groups is 1. The largest absolute Gasteiger partial charge is 0.465 e. The number of hydrogen-bond donors (Lipinski definition) is 1. The molecule has 2 bridgehead atoms. The molecule has 1 aromatic heterocycles. The van der Waals surface area contributed by atoms with Crippen LogP contribution < -0.4 is 5.32 Å². The molecular formula is C14H20N2O4S2. The average Bonchev–Trinajstić information content (AvgIpc) is 2.88. The van der Waals surface area contributed by atoms with Crippen molar-refractivity contribution in [2.24, 2.45) is 0 Å².